The Morgan fingerprint density at radius 1 is 1.39 bits per heavy atom. The van der Waals surface area contributed by atoms with Crippen LogP contribution in [0.2, 0.25) is 0 Å². The Morgan fingerprint density at radius 3 is 3.17 bits per heavy atom. The summed E-state index contributed by atoms with van der Waals surface area (Å²) >= 11 is 0. The number of nitrogens with zero attached hydrogens (tertiary/aromatic N) is 2. The molecule has 0 bridgehead atoms. The smallest absolute Gasteiger partial charge is 0.0669 e. The number of piperidine rings is 1. The summed E-state index contributed by atoms with van der Waals surface area (Å²) in [5.41, 5.74) is 2.53. The first kappa shape index (κ1) is 11.3. The second kappa shape index (κ2) is 4.83. The van der Waals surface area contributed by atoms with E-state index in [-0.39, 0.29) is 5.92 Å². The molecule has 1 atom stereocenters. The number of fused-ring (bicyclic) bond motifs is 1. The van der Waals surface area contributed by atoms with Crippen molar-refractivity contribution in [2.24, 2.45) is 5.92 Å². The molecule has 1 aromatic carbocycles. The molecule has 0 unspecified atom stereocenters. The summed E-state index contributed by atoms with van der Waals surface area (Å²) in [7, 11) is 0. The van der Waals surface area contributed by atoms with E-state index in [1.54, 1.807) is 0 Å². The third-order valence-corrected chi connectivity index (χ3v) is 3.76. The summed E-state index contributed by atoms with van der Waals surface area (Å²) < 4.78 is 0. The van der Waals surface area contributed by atoms with E-state index in [1.165, 1.54) is 16.5 Å². The van der Waals surface area contributed by atoms with Gasteiger partial charge in [-0.2, -0.15) is 5.26 Å². The summed E-state index contributed by atoms with van der Waals surface area (Å²) in [5, 5.41) is 10.3. The van der Waals surface area contributed by atoms with Crippen LogP contribution in [0.1, 0.15) is 18.4 Å². The molecule has 1 aliphatic heterocycles. The lowest BCUT2D eigenvalue weighted by molar-refractivity contribution is 0.193. The van der Waals surface area contributed by atoms with Crippen molar-refractivity contribution in [3.8, 4) is 6.07 Å². The van der Waals surface area contributed by atoms with Crippen LogP contribution in [-0.2, 0) is 6.54 Å². The lowest BCUT2D eigenvalue weighted by atomic mass is 9.99. The van der Waals surface area contributed by atoms with Gasteiger partial charge in [-0.25, -0.2) is 0 Å². The molecule has 1 fully saturated rings. The molecule has 0 saturated carbocycles. The second-order valence-electron chi connectivity index (χ2n) is 5.06. The third kappa shape index (κ3) is 2.12. The molecule has 0 spiro atoms. The highest BCUT2D eigenvalue weighted by atomic mass is 15.1. The second-order valence-corrected chi connectivity index (χ2v) is 5.06. The zero-order chi connectivity index (χ0) is 12.4. The predicted molar refractivity (Wildman–Crippen MR) is 71.9 cm³/mol. The van der Waals surface area contributed by atoms with Gasteiger partial charge in [-0.3, -0.25) is 4.90 Å². The summed E-state index contributed by atoms with van der Waals surface area (Å²) in [5.74, 6) is 0.212. The van der Waals surface area contributed by atoms with Crippen molar-refractivity contribution in [1.29, 1.82) is 5.26 Å². The lowest BCUT2D eigenvalue weighted by Gasteiger charge is -2.29. The topological polar surface area (TPSA) is 42.8 Å². The number of nitriles is 1. The van der Waals surface area contributed by atoms with Crippen LogP contribution in [-0.4, -0.2) is 23.0 Å². The maximum atomic E-state index is 9.02. The molecule has 0 aliphatic carbocycles. The molecular formula is C15H17N3. The van der Waals surface area contributed by atoms with Gasteiger partial charge in [-0.1, -0.05) is 18.2 Å². The van der Waals surface area contributed by atoms with Crippen molar-refractivity contribution < 1.29 is 0 Å². The molecule has 2 aromatic rings. The minimum atomic E-state index is 0.212. The van der Waals surface area contributed by atoms with Crippen LogP contribution in [0.3, 0.4) is 0 Å². The maximum Gasteiger partial charge on any atom is 0.0669 e. The van der Waals surface area contributed by atoms with Crippen molar-refractivity contribution in [3.05, 3.63) is 36.0 Å². The average molecular weight is 239 g/mol. The molecule has 0 radical (unpaired) electrons. The van der Waals surface area contributed by atoms with E-state index in [0.717, 1.165) is 32.5 Å². The van der Waals surface area contributed by atoms with Crippen LogP contribution in [0.5, 0.6) is 0 Å². The average Bonchev–Trinajstić information content (AvgIpc) is 2.83. The Kier molecular flexibility index (Phi) is 3.04. The van der Waals surface area contributed by atoms with Gasteiger partial charge in [-0.15, -0.1) is 0 Å². The first-order valence-corrected chi connectivity index (χ1v) is 6.54. The summed E-state index contributed by atoms with van der Waals surface area (Å²) in [6.45, 7) is 2.97. The molecular weight excluding hydrogens is 222 g/mol. The van der Waals surface area contributed by atoms with Crippen molar-refractivity contribution in [3.63, 3.8) is 0 Å². The highest BCUT2D eigenvalue weighted by Crippen LogP contribution is 2.22. The van der Waals surface area contributed by atoms with Crippen LogP contribution in [0.4, 0.5) is 0 Å². The third-order valence-electron chi connectivity index (χ3n) is 3.76. The first-order valence-electron chi connectivity index (χ1n) is 6.54. The van der Waals surface area contributed by atoms with E-state index >= 15 is 0 Å². The zero-order valence-electron chi connectivity index (χ0n) is 10.4. The van der Waals surface area contributed by atoms with Crippen molar-refractivity contribution >= 4 is 10.9 Å². The predicted octanol–water partition coefficient (Wildman–Crippen LogP) is 2.90. The lowest BCUT2D eigenvalue weighted by Crippen LogP contribution is -2.34. The van der Waals surface area contributed by atoms with Crippen molar-refractivity contribution in [1.82, 2.24) is 9.88 Å². The number of aromatic amines is 1. The molecule has 2 heterocycles. The summed E-state index contributed by atoms with van der Waals surface area (Å²) in [6.07, 6.45) is 4.29. The molecule has 0 amide bonds. The van der Waals surface area contributed by atoms with Crippen LogP contribution >= 0.6 is 0 Å². The van der Waals surface area contributed by atoms with E-state index in [1.807, 2.05) is 0 Å². The monoisotopic (exact) mass is 239 g/mol. The normalized spacial score (nSPS) is 20.9. The largest absolute Gasteiger partial charge is 0.361 e. The summed E-state index contributed by atoms with van der Waals surface area (Å²) in [4.78, 5) is 5.71. The van der Waals surface area contributed by atoms with Gasteiger partial charge in [0.25, 0.3) is 0 Å². The molecule has 1 aromatic heterocycles. The number of nitrogens with one attached hydrogen (secondary N) is 1. The molecule has 3 rings (SSSR count). The van der Waals surface area contributed by atoms with Crippen molar-refractivity contribution in [2.45, 2.75) is 19.4 Å². The van der Waals surface area contributed by atoms with E-state index in [9.17, 15) is 0 Å². The Morgan fingerprint density at radius 2 is 2.28 bits per heavy atom. The molecule has 92 valence electrons. The van der Waals surface area contributed by atoms with Crippen LogP contribution in [0, 0.1) is 17.2 Å². The van der Waals surface area contributed by atoms with Gasteiger partial charge >= 0.3 is 0 Å². The molecule has 1 saturated heterocycles. The van der Waals surface area contributed by atoms with Crippen LogP contribution < -0.4 is 0 Å². The molecule has 3 heteroatoms. The maximum absolute atomic E-state index is 9.02. The van der Waals surface area contributed by atoms with Crippen molar-refractivity contribution in [2.75, 3.05) is 13.1 Å². The van der Waals surface area contributed by atoms with Crippen LogP contribution in [0.25, 0.3) is 10.9 Å². The Balaban J connectivity index is 1.78. The van der Waals surface area contributed by atoms with Gasteiger partial charge in [0.05, 0.1) is 12.0 Å². The summed E-state index contributed by atoms with van der Waals surface area (Å²) in [6, 6.07) is 10.8. The zero-order valence-corrected chi connectivity index (χ0v) is 10.4. The molecule has 18 heavy (non-hydrogen) atoms. The number of H-pyrrole nitrogens is 1. The quantitative estimate of drug-likeness (QED) is 0.875. The van der Waals surface area contributed by atoms with Gasteiger partial charge in [0.15, 0.2) is 0 Å². The highest BCUT2D eigenvalue weighted by molar-refractivity contribution is 5.82. The standard InChI is InChI=1S/C15H17N3/c16-8-12-4-3-7-18(10-12)11-13-9-17-15-6-2-1-5-14(13)15/h1-2,5-6,9,12,17H,3-4,7,10-11H2/t12-/m1/s1. The van der Waals surface area contributed by atoms with E-state index in [4.69, 9.17) is 5.26 Å². The molecule has 1 aliphatic rings. The number of aromatic nitrogens is 1. The number of rotatable bonds is 2. The Labute approximate surface area is 107 Å². The van der Waals surface area contributed by atoms with Gasteiger partial charge in [0, 0.05) is 30.2 Å². The van der Waals surface area contributed by atoms with Gasteiger partial charge in [-0.05, 0) is 31.0 Å². The molecule has 3 nitrogen and oxygen atoms in total. The van der Waals surface area contributed by atoms with Gasteiger partial charge in [0.1, 0.15) is 0 Å². The highest BCUT2D eigenvalue weighted by Gasteiger charge is 2.20. The van der Waals surface area contributed by atoms with Crippen LogP contribution in [0.15, 0.2) is 30.5 Å². The Bertz CT molecular complexity index is 579. The van der Waals surface area contributed by atoms with E-state index in [0.29, 0.717) is 0 Å². The fourth-order valence-electron chi connectivity index (χ4n) is 2.81. The first-order chi connectivity index (χ1) is 8.86. The van der Waals surface area contributed by atoms with E-state index in [2.05, 4.69) is 46.4 Å². The number of para-hydroxylation sites is 1. The number of hydrogen-bond donors (Lipinski definition) is 1. The van der Waals surface area contributed by atoms with Gasteiger partial charge < -0.3 is 4.98 Å². The number of benzene rings is 1. The molecule has 1 N–H and O–H groups in total. The minimum Gasteiger partial charge on any atom is -0.361 e. The fourth-order valence-corrected chi connectivity index (χ4v) is 2.81. The SMILES string of the molecule is N#C[C@H]1CCCN(Cc2c[nH]c3ccccc23)C1. The Hall–Kier alpha value is -1.79. The van der Waals surface area contributed by atoms with Gasteiger partial charge in [0.2, 0.25) is 0 Å². The fraction of sp³-hybridized carbons (Fsp3) is 0.400. The number of hydrogen-bond acceptors (Lipinski definition) is 2. The number of likely N-dealkylation sites (tertiary alicyclic amines) is 1. The minimum absolute atomic E-state index is 0.212. The van der Waals surface area contributed by atoms with E-state index < -0.39 is 0 Å².